The molecule has 0 spiro atoms. The van der Waals surface area contributed by atoms with Crippen LogP contribution in [0.3, 0.4) is 0 Å². The van der Waals surface area contributed by atoms with Crippen molar-refractivity contribution in [3.8, 4) is 0 Å². The smallest absolute Gasteiger partial charge is 0.136 e. The second-order valence-electron chi connectivity index (χ2n) is 3.89. The second kappa shape index (κ2) is 4.79. The fourth-order valence-corrected chi connectivity index (χ4v) is 2.14. The van der Waals surface area contributed by atoms with E-state index in [-0.39, 0.29) is 12.4 Å². The van der Waals surface area contributed by atoms with Gasteiger partial charge in [-0.25, -0.2) is 4.39 Å². The number of alkyl halides is 1. The lowest BCUT2D eigenvalue weighted by molar-refractivity contribution is 0.106. The van der Waals surface area contributed by atoms with Crippen LogP contribution in [0.15, 0.2) is 30.3 Å². The van der Waals surface area contributed by atoms with E-state index in [0.29, 0.717) is 12.8 Å². The van der Waals surface area contributed by atoms with E-state index in [1.54, 1.807) is 0 Å². The molecule has 1 aromatic carbocycles. The fourth-order valence-electron chi connectivity index (χ4n) is 2.14. The lowest BCUT2D eigenvalue weighted by atomic mass is 9.81. The molecule has 0 nitrogen and oxygen atoms in total. The molecule has 1 fully saturated rings. The third-order valence-electron chi connectivity index (χ3n) is 2.94. The maximum atomic E-state index is 14.3. The molecule has 0 saturated heterocycles. The van der Waals surface area contributed by atoms with Crippen LogP contribution in [-0.4, -0.2) is 0 Å². The van der Waals surface area contributed by atoms with E-state index >= 15 is 0 Å². The number of halogens is 2. The van der Waals surface area contributed by atoms with Gasteiger partial charge in [-0.15, -0.1) is 12.4 Å². The Bertz CT molecular complexity index is 265. The third-order valence-corrected chi connectivity index (χ3v) is 2.94. The first-order valence-electron chi connectivity index (χ1n) is 5.06. The fraction of sp³-hybridized carbons (Fsp3) is 0.500. The predicted molar refractivity (Wildman–Crippen MR) is 59.6 cm³/mol. The normalized spacial score (nSPS) is 19.8. The molecule has 0 amide bonds. The van der Waals surface area contributed by atoms with Crippen molar-refractivity contribution >= 4 is 12.4 Å². The Morgan fingerprint density at radius 3 is 2.07 bits per heavy atom. The molecule has 0 aliphatic heterocycles. The number of benzene rings is 1. The molecule has 0 unspecified atom stereocenters. The minimum absolute atomic E-state index is 0. The van der Waals surface area contributed by atoms with Gasteiger partial charge in [0.2, 0.25) is 0 Å². The highest BCUT2D eigenvalue weighted by Crippen LogP contribution is 2.40. The van der Waals surface area contributed by atoms with Crippen LogP contribution in [0, 0.1) is 0 Å². The van der Waals surface area contributed by atoms with Crippen molar-refractivity contribution in [1.82, 2.24) is 0 Å². The Morgan fingerprint density at radius 1 is 0.929 bits per heavy atom. The van der Waals surface area contributed by atoms with Crippen molar-refractivity contribution in [2.45, 2.75) is 37.8 Å². The molecule has 2 heteroatoms. The Morgan fingerprint density at radius 2 is 1.50 bits per heavy atom. The van der Waals surface area contributed by atoms with E-state index in [0.717, 1.165) is 18.4 Å². The largest absolute Gasteiger partial charge is 0.239 e. The molecule has 0 radical (unpaired) electrons. The molecule has 0 heterocycles. The highest BCUT2D eigenvalue weighted by atomic mass is 35.5. The monoisotopic (exact) mass is 214 g/mol. The summed E-state index contributed by atoms with van der Waals surface area (Å²) in [5.74, 6) is 0. The third kappa shape index (κ3) is 2.27. The molecule has 1 aliphatic carbocycles. The summed E-state index contributed by atoms with van der Waals surface area (Å²) in [5.41, 5.74) is -0.158. The summed E-state index contributed by atoms with van der Waals surface area (Å²) in [6.07, 6.45) is 4.67. The zero-order chi connectivity index (χ0) is 9.15. The zero-order valence-electron chi connectivity index (χ0n) is 8.21. The molecule has 1 aromatic rings. The van der Waals surface area contributed by atoms with Crippen molar-refractivity contribution in [2.75, 3.05) is 0 Å². The Balaban J connectivity index is 0.000000980. The van der Waals surface area contributed by atoms with E-state index in [1.165, 1.54) is 6.42 Å². The molecule has 2 rings (SSSR count). The van der Waals surface area contributed by atoms with Crippen LogP contribution in [0.25, 0.3) is 0 Å². The molecule has 0 aromatic heterocycles. The number of hydrogen-bond donors (Lipinski definition) is 0. The Labute approximate surface area is 90.9 Å². The summed E-state index contributed by atoms with van der Waals surface area (Å²) in [5, 5.41) is 0. The van der Waals surface area contributed by atoms with Crippen LogP contribution in [0.2, 0.25) is 0 Å². The van der Waals surface area contributed by atoms with Gasteiger partial charge in [0.05, 0.1) is 0 Å². The van der Waals surface area contributed by atoms with Crippen molar-refractivity contribution in [1.29, 1.82) is 0 Å². The van der Waals surface area contributed by atoms with E-state index in [4.69, 9.17) is 0 Å². The van der Waals surface area contributed by atoms with E-state index in [1.807, 2.05) is 30.3 Å². The lowest BCUT2D eigenvalue weighted by Crippen LogP contribution is -2.23. The van der Waals surface area contributed by atoms with Gasteiger partial charge in [-0.3, -0.25) is 0 Å². The van der Waals surface area contributed by atoms with Crippen molar-refractivity contribution in [3.63, 3.8) is 0 Å². The predicted octanol–water partition coefficient (Wildman–Crippen LogP) is 4.24. The number of hydrogen-bond acceptors (Lipinski definition) is 0. The summed E-state index contributed by atoms with van der Waals surface area (Å²) in [6, 6.07) is 9.60. The molecule has 0 bridgehead atoms. The van der Waals surface area contributed by atoms with Gasteiger partial charge in [-0.05, 0) is 31.2 Å². The second-order valence-corrected chi connectivity index (χ2v) is 3.89. The highest BCUT2D eigenvalue weighted by Gasteiger charge is 2.32. The quantitative estimate of drug-likeness (QED) is 0.656. The molecule has 1 aliphatic rings. The van der Waals surface area contributed by atoms with Gasteiger partial charge in [0.1, 0.15) is 5.67 Å². The molecule has 78 valence electrons. The highest BCUT2D eigenvalue weighted by molar-refractivity contribution is 5.85. The lowest BCUT2D eigenvalue weighted by Gasteiger charge is -2.29. The topological polar surface area (TPSA) is 0 Å². The van der Waals surface area contributed by atoms with E-state index < -0.39 is 5.67 Å². The minimum Gasteiger partial charge on any atom is -0.239 e. The van der Waals surface area contributed by atoms with E-state index in [9.17, 15) is 4.39 Å². The summed E-state index contributed by atoms with van der Waals surface area (Å²) in [4.78, 5) is 0. The van der Waals surface area contributed by atoms with Crippen molar-refractivity contribution < 1.29 is 4.39 Å². The van der Waals surface area contributed by atoms with Crippen LogP contribution in [-0.2, 0) is 5.67 Å². The standard InChI is InChI=1S/C12H15F.ClH/c13-12(9-5-2-6-10-12)11-7-3-1-4-8-11;/h1,3-4,7-8H,2,5-6,9-10H2;1H. The summed E-state index contributed by atoms with van der Waals surface area (Å²) < 4.78 is 14.3. The summed E-state index contributed by atoms with van der Waals surface area (Å²) in [7, 11) is 0. The van der Waals surface area contributed by atoms with Crippen LogP contribution in [0.4, 0.5) is 4.39 Å². The van der Waals surface area contributed by atoms with Crippen LogP contribution >= 0.6 is 12.4 Å². The molecule has 0 N–H and O–H groups in total. The van der Waals surface area contributed by atoms with Gasteiger partial charge in [0.15, 0.2) is 0 Å². The Kier molecular flexibility index (Phi) is 3.94. The SMILES string of the molecule is Cl.FC1(c2ccccc2)CCCCC1. The first kappa shape index (κ1) is 11.5. The molecule has 1 saturated carbocycles. The maximum Gasteiger partial charge on any atom is 0.136 e. The molecular weight excluding hydrogens is 199 g/mol. The van der Waals surface area contributed by atoms with Crippen molar-refractivity contribution in [3.05, 3.63) is 35.9 Å². The van der Waals surface area contributed by atoms with E-state index in [2.05, 4.69) is 0 Å². The van der Waals surface area contributed by atoms with Gasteiger partial charge >= 0.3 is 0 Å². The number of rotatable bonds is 1. The van der Waals surface area contributed by atoms with Gasteiger partial charge in [-0.1, -0.05) is 36.8 Å². The zero-order valence-corrected chi connectivity index (χ0v) is 9.02. The maximum absolute atomic E-state index is 14.3. The van der Waals surface area contributed by atoms with Crippen molar-refractivity contribution in [2.24, 2.45) is 0 Å². The Hall–Kier alpha value is -0.560. The van der Waals surface area contributed by atoms with Crippen LogP contribution < -0.4 is 0 Å². The van der Waals surface area contributed by atoms with Gasteiger partial charge in [0.25, 0.3) is 0 Å². The average Bonchev–Trinajstić information content (AvgIpc) is 2.20. The molecule has 0 atom stereocenters. The van der Waals surface area contributed by atoms with Crippen LogP contribution in [0.5, 0.6) is 0 Å². The summed E-state index contributed by atoms with van der Waals surface area (Å²) in [6.45, 7) is 0. The van der Waals surface area contributed by atoms with Gasteiger partial charge in [0, 0.05) is 0 Å². The summed E-state index contributed by atoms with van der Waals surface area (Å²) >= 11 is 0. The first-order chi connectivity index (χ1) is 6.31. The molecular formula is C12H16ClF. The first-order valence-corrected chi connectivity index (χ1v) is 5.06. The van der Waals surface area contributed by atoms with Gasteiger partial charge < -0.3 is 0 Å². The average molecular weight is 215 g/mol. The minimum atomic E-state index is -1.03. The van der Waals surface area contributed by atoms with Crippen LogP contribution in [0.1, 0.15) is 37.7 Å². The molecule has 14 heavy (non-hydrogen) atoms. The van der Waals surface area contributed by atoms with Gasteiger partial charge in [-0.2, -0.15) is 0 Å².